The molecule has 1 aliphatic rings. The number of carbonyl (C=O) groups excluding carboxylic acids is 3. The molecule has 1 heterocycles. The SMILES string of the molecule is CC(C)c1ccccc1NC(=O)COc1ccc(/C=C2\SC(=O)N(Cc3ccc(I)cc3)C2=O)cc1. The lowest BCUT2D eigenvalue weighted by molar-refractivity contribution is -0.123. The van der Waals surface area contributed by atoms with Gasteiger partial charge in [-0.05, 0) is 93.4 Å². The summed E-state index contributed by atoms with van der Waals surface area (Å²) < 4.78 is 6.72. The molecule has 0 radical (unpaired) electrons. The minimum Gasteiger partial charge on any atom is -0.484 e. The largest absolute Gasteiger partial charge is 0.484 e. The number of hydrogen-bond acceptors (Lipinski definition) is 5. The van der Waals surface area contributed by atoms with E-state index in [0.29, 0.717) is 16.6 Å². The van der Waals surface area contributed by atoms with Gasteiger partial charge in [-0.15, -0.1) is 0 Å². The Balaban J connectivity index is 1.34. The molecule has 0 atom stereocenters. The normalized spacial score (nSPS) is 14.6. The monoisotopic (exact) mass is 612 g/mol. The van der Waals surface area contributed by atoms with Crippen LogP contribution in [0.3, 0.4) is 0 Å². The minimum absolute atomic E-state index is 0.122. The molecule has 8 heteroatoms. The number of para-hydroxylation sites is 1. The van der Waals surface area contributed by atoms with Gasteiger partial charge >= 0.3 is 0 Å². The van der Waals surface area contributed by atoms with Gasteiger partial charge in [0.2, 0.25) is 0 Å². The van der Waals surface area contributed by atoms with Crippen molar-refractivity contribution in [2.45, 2.75) is 26.3 Å². The van der Waals surface area contributed by atoms with E-state index in [1.807, 2.05) is 48.5 Å². The van der Waals surface area contributed by atoms with Crippen LogP contribution in [0.5, 0.6) is 5.75 Å². The second kappa shape index (κ2) is 11.7. The average Bonchev–Trinajstić information content (AvgIpc) is 3.12. The molecule has 0 saturated carbocycles. The number of hydrogen-bond donors (Lipinski definition) is 1. The van der Waals surface area contributed by atoms with Crippen molar-refractivity contribution in [1.29, 1.82) is 0 Å². The van der Waals surface area contributed by atoms with E-state index in [9.17, 15) is 14.4 Å². The smallest absolute Gasteiger partial charge is 0.293 e. The number of imide groups is 1. The van der Waals surface area contributed by atoms with E-state index >= 15 is 0 Å². The van der Waals surface area contributed by atoms with Gasteiger partial charge in [-0.25, -0.2) is 0 Å². The van der Waals surface area contributed by atoms with Crippen molar-refractivity contribution in [3.8, 4) is 5.75 Å². The molecule has 0 spiro atoms. The molecule has 0 aliphatic carbocycles. The van der Waals surface area contributed by atoms with Crippen LogP contribution in [0, 0.1) is 3.57 Å². The highest BCUT2D eigenvalue weighted by molar-refractivity contribution is 14.1. The van der Waals surface area contributed by atoms with Gasteiger partial charge < -0.3 is 10.1 Å². The van der Waals surface area contributed by atoms with Crippen molar-refractivity contribution in [3.63, 3.8) is 0 Å². The fourth-order valence-corrected chi connectivity index (χ4v) is 4.87. The Hall–Kier alpha value is -3.11. The fourth-order valence-electron chi connectivity index (χ4n) is 3.67. The van der Waals surface area contributed by atoms with Crippen molar-refractivity contribution >= 4 is 63.2 Å². The van der Waals surface area contributed by atoms with Gasteiger partial charge in [0.15, 0.2) is 6.61 Å². The van der Waals surface area contributed by atoms with Crippen molar-refractivity contribution in [2.24, 2.45) is 0 Å². The Morgan fingerprint density at radius 1 is 1.03 bits per heavy atom. The maximum Gasteiger partial charge on any atom is 0.293 e. The standard InChI is InChI=1S/C28H25IN2O4S/c1-18(2)23-5-3-4-6-24(23)30-26(32)17-35-22-13-9-19(10-14-22)15-25-27(33)31(28(34)36-25)16-20-7-11-21(29)12-8-20/h3-15,18H,16-17H2,1-2H3,(H,30,32)/b25-15-. The third kappa shape index (κ3) is 6.55. The Bertz CT molecular complexity index is 1300. The summed E-state index contributed by atoms with van der Waals surface area (Å²) in [5, 5.41) is 2.62. The topological polar surface area (TPSA) is 75.7 Å². The molecule has 4 rings (SSSR count). The number of halogens is 1. The van der Waals surface area contributed by atoms with Gasteiger partial charge in [-0.3, -0.25) is 19.3 Å². The molecule has 36 heavy (non-hydrogen) atoms. The van der Waals surface area contributed by atoms with Crippen LogP contribution in [0.25, 0.3) is 6.08 Å². The minimum atomic E-state index is -0.303. The predicted octanol–water partition coefficient (Wildman–Crippen LogP) is 6.67. The Kier molecular flexibility index (Phi) is 8.48. The van der Waals surface area contributed by atoms with Crippen LogP contribution < -0.4 is 10.1 Å². The lowest BCUT2D eigenvalue weighted by Crippen LogP contribution is -2.27. The van der Waals surface area contributed by atoms with E-state index in [4.69, 9.17) is 4.74 Å². The van der Waals surface area contributed by atoms with Gasteiger partial charge in [-0.1, -0.05) is 56.3 Å². The summed E-state index contributed by atoms with van der Waals surface area (Å²) in [6.07, 6.45) is 1.69. The molecular weight excluding hydrogens is 587 g/mol. The second-order valence-corrected chi connectivity index (χ2v) is 10.8. The first kappa shape index (κ1) is 26.0. The Morgan fingerprint density at radius 2 is 1.72 bits per heavy atom. The number of amides is 3. The van der Waals surface area contributed by atoms with E-state index < -0.39 is 0 Å². The average molecular weight is 612 g/mol. The maximum absolute atomic E-state index is 12.8. The summed E-state index contributed by atoms with van der Waals surface area (Å²) in [5.41, 5.74) is 3.51. The molecule has 1 aliphatic heterocycles. The highest BCUT2D eigenvalue weighted by atomic mass is 127. The summed E-state index contributed by atoms with van der Waals surface area (Å²) >= 11 is 3.15. The Morgan fingerprint density at radius 3 is 2.42 bits per heavy atom. The third-order valence-corrected chi connectivity index (χ3v) is 7.16. The molecule has 3 aromatic rings. The van der Waals surface area contributed by atoms with Crippen LogP contribution in [0.1, 0.15) is 36.5 Å². The number of benzene rings is 3. The van der Waals surface area contributed by atoms with Gasteiger partial charge in [0.25, 0.3) is 17.1 Å². The molecule has 0 bridgehead atoms. The zero-order valence-electron chi connectivity index (χ0n) is 19.9. The molecule has 0 unspecified atom stereocenters. The van der Waals surface area contributed by atoms with Crippen LogP contribution in [-0.2, 0) is 16.1 Å². The number of nitrogens with zero attached hydrogens (tertiary/aromatic N) is 1. The van der Waals surface area contributed by atoms with E-state index in [1.165, 1.54) is 4.90 Å². The molecule has 1 N–H and O–H groups in total. The fraction of sp³-hybridized carbons (Fsp3) is 0.179. The predicted molar refractivity (Wildman–Crippen MR) is 152 cm³/mol. The molecule has 3 aromatic carbocycles. The van der Waals surface area contributed by atoms with Gasteiger partial charge in [-0.2, -0.15) is 0 Å². The highest BCUT2D eigenvalue weighted by Crippen LogP contribution is 2.33. The third-order valence-electron chi connectivity index (χ3n) is 5.53. The first-order chi connectivity index (χ1) is 17.3. The molecule has 1 fully saturated rings. The Labute approximate surface area is 228 Å². The highest BCUT2D eigenvalue weighted by Gasteiger charge is 2.34. The van der Waals surface area contributed by atoms with Gasteiger partial charge in [0, 0.05) is 9.26 Å². The summed E-state index contributed by atoms with van der Waals surface area (Å²) in [7, 11) is 0. The lowest BCUT2D eigenvalue weighted by Gasteiger charge is -2.14. The first-order valence-corrected chi connectivity index (χ1v) is 13.3. The first-order valence-electron chi connectivity index (χ1n) is 11.4. The summed E-state index contributed by atoms with van der Waals surface area (Å²) in [6.45, 7) is 4.28. The van der Waals surface area contributed by atoms with Crippen LogP contribution >= 0.6 is 34.4 Å². The number of nitrogens with one attached hydrogen (secondary N) is 1. The summed E-state index contributed by atoms with van der Waals surface area (Å²) in [6, 6.07) is 22.5. The van der Waals surface area contributed by atoms with Gasteiger partial charge in [0.05, 0.1) is 11.4 Å². The molecule has 0 aromatic heterocycles. The molecule has 184 valence electrons. The number of ether oxygens (including phenoxy) is 1. The van der Waals surface area contributed by atoms with Crippen molar-refractivity contribution in [2.75, 3.05) is 11.9 Å². The summed E-state index contributed by atoms with van der Waals surface area (Å²) in [5.74, 6) is 0.279. The van der Waals surface area contributed by atoms with Crippen molar-refractivity contribution < 1.29 is 19.1 Å². The van der Waals surface area contributed by atoms with Crippen LogP contribution in [0.15, 0.2) is 77.7 Å². The number of carbonyl (C=O) groups is 3. The van der Waals surface area contributed by atoms with Crippen LogP contribution in [0.2, 0.25) is 0 Å². The zero-order chi connectivity index (χ0) is 25.7. The van der Waals surface area contributed by atoms with E-state index in [-0.39, 0.29) is 30.2 Å². The van der Waals surface area contributed by atoms with Gasteiger partial charge in [0.1, 0.15) is 5.75 Å². The quantitative estimate of drug-likeness (QED) is 0.227. The van der Waals surface area contributed by atoms with E-state index in [1.54, 1.807) is 30.3 Å². The van der Waals surface area contributed by atoms with Crippen LogP contribution in [-0.4, -0.2) is 28.6 Å². The summed E-state index contributed by atoms with van der Waals surface area (Å²) in [4.78, 5) is 39.2. The maximum atomic E-state index is 12.8. The number of anilines is 1. The molecule has 1 saturated heterocycles. The molecule has 3 amide bonds. The van der Waals surface area contributed by atoms with Crippen molar-refractivity contribution in [1.82, 2.24) is 4.90 Å². The van der Waals surface area contributed by atoms with E-state index in [0.717, 1.165) is 37.7 Å². The molecular formula is C28H25IN2O4S. The number of rotatable bonds is 8. The zero-order valence-corrected chi connectivity index (χ0v) is 22.8. The van der Waals surface area contributed by atoms with Crippen molar-refractivity contribution in [3.05, 3.63) is 98.0 Å². The number of thioether (sulfide) groups is 1. The second-order valence-electron chi connectivity index (χ2n) is 8.54. The van der Waals surface area contributed by atoms with Crippen LogP contribution in [0.4, 0.5) is 10.5 Å². The van der Waals surface area contributed by atoms with E-state index in [2.05, 4.69) is 41.8 Å². The molecule has 6 nitrogen and oxygen atoms in total. The lowest BCUT2D eigenvalue weighted by atomic mass is 10.0.